The summed E-state index contributed by atoms with van der Waals surface area (Å²) in [4.78, 5) is 11.9. The molecule has 0 saturated heterocycles. The van der Waals surface area contributed by atoms with E-state index in [-0.39, 0.29) is 12.1 Å². The summed E-state index contributed by atoms with van der Waals surface area (Å²) in [6.07, 6.45) is 20.8. The molecule has 2 unspecified atom stereocenters. The molecule has 2 atom stereocenters. The Balaban J connectivity index is 3.77. The van der Waals surface area contributed by atoms with Gasteiger partial charge in [0.1, 0.15) is 0 Å². The Hall–Kier alpha value is 0.270. The van der Waals surface area contributed by atoms with E-state index in [1.165, 1.54) is 95.6 Å². The number of urea groups is 1. The van der Waals surface area contributed by atoms with Crippen LogP contribution in [0.15, 0.2) is 0 Å². The van der Waals surface area contributed by atoms with Gasteiger partial charge in [0, 0.05) is 26.6 Å². The Morgan fingerprint density at radius 3 is 1.79 bits per heavy atom. The van der Waals surface area contributed by atoms with Crippen molar-refractivity contribution >= 4 is 40.4 Å². The summed E-state index contributed by atoms with van der Waals surface area (Å²) in [5.41, 5.74) is 0. The number of alkyl halides is 1. The molecule has 0 spiro atoms. The molecule has 204 valence electrons. The molecule has 0 heterocycles. The minimum absolute atomic E-state index is 0.0862. The van der Waals surface area contributed by atoms with E-state index >= 15 is 0 Å². The first-order valence-electron chi connectivity index (χ1n) is 14.0. The molecule has 2 amide bonds. The fraction of sp³-hybridized carbons (Fsp3) is 0.963. The molecule has 0 aromatic rings. The molecule has 0 radical (unpaired) electrons. The highest BCUT2D eigenvalue weighted by molar-refractivity contribution is 14.1. The minimum Gasteiger partial charge on any atom is -0.341 e. The molecular weight excluding hydrogens is 555 g/mol. The van der Waals surface area contributed by atoms with Crippen molar-refractivity contribution in [3.8, 4) is 0 Å². The van der Waals surface area contributed by atoms with Gasteiger partial charge in [-0.25, -0.2) is 4.79 Å². The van der Waals surface area contributed by atoms with Crippen LogP contribution in [0.25, 0.3) is 0 Å². The lowest BCUT2D eigenvalue weighted by atomic mass is 10.0. The number of nitrogens with one attached hydrogen (secondary N) is 3. The van der Waals surface area contributed by atoms with Crippen molar-refractivity contribution in [1.82, 2.24) is 16.0 Å². The van der Waals surface area contributed by atoms with Crippen LogP contribution in [0.5, 0.6) is 0 Å². The smallest absolute Gasteiger partial charge is 0.314 e. The van der Waals surface area contributed by atoms with Crippen LogP contribution < -0.4 is 16.0 Å². The summed E-state index contributed by atoms with van der Waals surface area (Å²) in [5.74, 6) is 1.18. The number of carbonyl (C=O) groups excluding carboxylic acids is 1. The summed E-state index contributed by atoms with van der Waals surface area (Å²) >= 11 is 4.49. The SMILES string of the molecule is CCCCCCCCCCCCCCCCSC(I)C(CNCCC[N+](C)(C)C)NC(=O)NC. The summed E-state index contributed by atoms with van der Waals surface area (Å²) in [6, 6.07) is 0.0539. The Kier molecular flexibility index (Phi) is 23.8. The average molecular weight is 614 g/mol. The summed E-state index contributed by atoms with van der Waals surface area (Å²) in [5, 5.41) is 9.38. The van der Waals surface area contributed by atoms with Crippen LogP contribution in [-0.4, -0.2) is 73.4 Å². The monoisotopic (exact) mass is 613 g/mol. The van der Waals surface area contributed by atoms with Gasteiger partial charge in [-0.15, -0.1) is 11.8 Å². The van der Waals surface area contributed by atoms with Crippen LogP contribution in [0, 0.1) is 0 Å². The molecule has 0 aliphatic carbocycles. The number of quaternary nitrogens is 1. The van der Waals surface area contributed by atoms with Gasteiger partial charge >= 0.3 is 6.03 Å². The van der Waals surface area contributed by atoms with Crippen molar-refractivity contribution in [1.29, 1.82) is 0 Å². The number of amides is 2. The quantitative estimate of drug-likeness (QED) is 0.0478. The third kappa shape index (κ3) is 24.0. The summed E-state index contributed by atoms with van der Waals surface area (Å²) in [7, 11) is 8.37. The van der Waals surface area contributed by atoms with Crippen molar-refractivity contribution in [2.75, 3.05) is 53.6 Å². The van der Waals surface area contributed by atoms with Gasteiger partial charge in [-0.05, 0) is 12.2 Å². The second kappa shape index (κ2) is 23.7. The molecule has 7 heteroatoms. The average Bonchev–Trinajstić information content (AvgIpc) is 2.79. The standard InChI is InChI=1S/C27H57IN4OS/c1-6-7-8-9-10-11-12-13-14-15-16-17-18-19-23-34-26(28)25(31-27(33)29-2)24-30-21-20-22-32(3,4)5/h25-26,30H,6-24H2,1-5H3,(H-,29,31,33)/p+1. The first kappa shape index (κ1) is 34.3. The Morgan fingerprint density at radius 1 is 0.824 bits per heavy atom. The van der Waals surface area contributed by atoms with Crippen molar-refractivity contribution in [2.24, 2.45) is 0 Å². The number of rotatable bonds is 24. The molecule has 0 bridgehead atoms. The van der Waals surface area contributed by atoms with E-state index in [0.717, 1.165) is 30.5 Å². The van der Waals surface area contributed by atoms with E-state index in [4.69, 9.17) is 0 Å². The van der Waals surface area contributed by atoms with Gasteiger partial charge in [0.15, 0.2) is 0 Å². The van der Waals surface area contributed by atoms with Crippen LogP contribution in [0.3, 0.4) is 0 Å². The molecule has 5 nitrogen and oxygen atoms in total. The van der Waals surface area contributed by atoms with E-state index in [2.05, 4.69) is 66.6 Å². The molecular formula is C27H58IN4OS+. The maximum Gasteiger partial charge on any atom is 0.314 e. The highest BCUT2D eigenvalue weighted by Gasteiger charge is 2.20. The van der Waals surface area contributed by atoms with Crippen molar-refractivity contribution < 1.29 is 9.28 Å². The maximum absolute atomic E-state index is 11.9. The minimum atomic E-state index is -0.0862. The maximum atomic E-state index is 11.9. The third-order valence-electron chi connectivity index (χ3n) is 6.18. The molecule has 0 rings (SSSR count). The van der Waals surface area contributed by atoms with E-state index in [1.54, 1.807) is 7.05 Å². The summed E-state index contributed by atoms with van der Waals surface area (Å²) in [6.45, 7) is 5.26. The Bertz CT molecular complexity index is 462. The van der Waals surface area contributed by atoms with E-state index < -0.39 is 0 Å². The zero-order chi connectivity index (χ0) is 25.5. The predicted molar refractivity (Wildman–Crippen MR) is 162 cm³/mol. The lowest BCUT2D eigenvalue weighted by Crippen LogP contribution is -2.49. The highest BCUT2D eigenvalue weighted by atomic mass is 127. The number of halogens is 1. The Morgan fingerprint density at radius 2 is 1.32 bits per heavy atom. The fourth-order valence-corrected chi connectivity index (χ4v) is 6.18. The molecule has 3 N–H and O–H groups in total. The number of thioether (sulfide) groups is 1. The third-order valence-corrected chi connectivity index (χ3v) is 9.30. The van der Waals surface area contributed by atoms with Crippen LogP contribution in [0.4, 0.5) is 4.79 Å². The van der Waals surface area contributed by atoms with Crippen LogP contribution in [0.1, 0.15) is 103 Å². The second-order valence-electron chi connectivity index (χ2n) is 10.7. The largest absolute Gasteiger partial charge is 0.341 e. The van der Waals surface area contributed by atoms with Gasteiger partial charge in [-0.2, -0.15) is 0 Å². The van der Waals surface area contributed by atoms with E-state index in [1.807, 2.05) is 11.8 Å². The van der Waals surface area contributed by atoms with Crippen molar-refractivity contribution in [2.45, 2.75) is 113 Å². The molecule has 0 fully saturated rings. The number of unbranched alkanes of at least 4 members (excludes halogenated alkanes) is 13. The predicted octanol–water partition coefficient (Wildman–Crippen LogP) is 6.95. The first-order chi connectivity index (χ1) is 16.3. The van der Waals surface area contributed by atoms with Crippen LogP contribution in [-0.2, 0) is 0 Å². The van der Waals surface area contributed by atoms with Gasteiger partial charge < -0.3 is 20.4 Å². The highest BCUT2D eigenvalue weighted by Crippen LogP contribution is 2.24. The van der Waals surface area contributed by atoms with Crippen LogP contribution >= 0.6 is 34.4 Å². The van der Waals surface area contributed by atoms with Gasteiger partial charge in [0.2, 0.25) is 0 Å². The first-order valence-corrected chi connectivity index (χ1v) is 16.3. The van der Waals surface area contributed by atoms with E-state index in [9.17, 15) is 4.79 Å². The zero-order valence-corrected chi connectivity index (χ0v) is 26.2. The summed E-state index contributed by atoms with van der Waals surface area (Å²) < 4.78 is 1.37. The fourth-order valence-electron chi connectivity index (χ4n) is 3.99. The molecule has 0 aromatic carbocycles. The van der Waals surface area contributed by atoms with Gasteiger partial charge in [0.25, 0.3) is 0 Å². The molecule has 34 heavy (non-hydrogen) atoms. The zero-order valence-electron chi connectivity index (χ0n) is 23.2. The Labute approximate surface area is 230 Å². The number of hydrogen-bond acceptors (Lipinski definition) is 3. The van der Waals surface area contributed by atoms with Crippen LogP contribution in [0.2, 0.25) is 0 Å². The lowest BCUT2D eigenvalue weighted by Gasteiger charge is -2.25. The normalized spacial score (nSPS) is 13.6. The lowest BCUT2D eigenvalue weighted by molar-refractivity contribution is -0.870. The number of hydrogen-bond donors (Lipinski definition) is 3. The number of nitrogens with zero attached hydrogens (tertiary/aromatic N) is 1. The van der Waals surface area contributed by atoms with Gasteiger partial charge in [0.05, 0.1) is 37.0 Å². The van der Waals surface area contributed by atoms with Gasteiger partial charge in [-0.1, -0.05) is 113 Å². The molecule has 0 aromatic heterocycles. The number of carbonyl (C=O) groups is 1. The topological polar surface area (TPSA) is 53.2 Å². The second-order valence-corrected chi connectivity index (χ2v) is 14.2. The van der Waals surface area contributed by atoms with E-state index in [0.29, 0.717) is 3.26 Å². The van der Waals surface area contributed by atoms with Crippen molar-refractivity contribution in [3.63, 3.8) is 0 Å². The van der Waals surface area contributed by atoms with Crippen molar-refractivity contribution in [3.05, 3.63) is 0 Å². The molecule has 0 aliphatic rings. The molecule has 0 saturated carbocycles. The molecule has 0 aliphatic heterocycles. The van der Waals surface area contributed by atoms with Gasteiger partial charge in [-0.3, -0.25) is 0 Å².